The molecule has 20 heavy (non-hydrogen) atoms. The van der Waals surface area contributed by atoms with E-state index in [9.17, 15) is 9.59 Å². The number of ether oxygens (including phenoxy) is 2. The number of benzene rings is 1. The maximum absolute atomic E-state index is 11.3. The number of rotatable bonds is 6. The van der Waals surface area contributed by atoms with Gasteiger partial charge < -0.3 is 9.47 Å². The molecule has 0 heterocycles. The summed E-state index contributed by atoms with van der Waals surface area (Å²) in [4.78, 5) is 22.2. The van der Waals surface area contributed by atoms with Gasteiger partial charge in [0.2, 0.25) is 5.91 Å². The van der Waals surface area contributed by atoms with Crippen LogP contribution in [-0.4, -0.2) is 31.8 Å². The Morgan fingerprint density at radius 1 is 1.30 bits per heavy atom. The lowest BCUT2D eigenvalue weighted by atomic mass is 10.2. The molecule has 1 aromatic carbocycles. The smallest absolute Gasteiger partial charge is 0.343 e. The molecule has 0 atom stereocenters. The van der Waals surface area contributed by atoms with Gasteiger partial charge in [-0.2, -0.15) is 5.10 Å². The van der Waals surface area contributed by atoms with Gasteiger partial charge in [-0.3, -0.25) is 4.79 Å². The van der Waals surface area contributed by atoms with Gasteiger partial charge in [0, 0.05) is 5.92 Å². The Balaban J connectivity index is 2.48. The highest BCUT2D eigenvalue weighted by Gasteiger charge is 2.04. The zero-order valence-corrected chi connectivity index (χ0v) is 11.8. The van der Waals surface area contributed by atoms with Crippen LogP contribution in [0.15, 0.2) is 29.4 Å². The molecule has 0 radical (unpaired) electrons. The number of hydrogen-bond acceptors (Lipinski definition) is 5. The number of nitrogens with zero attached hydrogens (tertiary/aromatic N) is 1. The van der Waals surface area contributed by atoms with Gasteiger partial charge in [0.05, 0.1) is 13.3 Å². The van der Waals surface area contributed by atoms with Crippen molar-refractivity contribution in [2.75, 3.05) is 13.7 Å². The van der Waals surface area contributed by atoms with E-state index >= 15 is 0 Å². The van der Waals surface area contributed by atoms with Gasteiger partial charge in [0.15, 0.2) is 6.61 Å². The first kappa shape index (κ1) is 15.7. The molecule has 0 saturated carbocycles. The van der Waals surface area contributed by atoms with Crippen LogP contribution in [-0.2, 0) is 14.3 Å². The Bertz CT molecular complexity index is 480. The van der Waals surface area contributed by atoms with Crippen molar-refractivity contribution in [2.45, 2.75) is 13.8 Å². The summed E-state index contributed by atoms with van der Waals surface area (Å²) >= 11 is 0. The van der Waals surface area contributed by atoms with Crippen molar-refractivity contribution in [3.8, 4) is 5.75 Å². The molecule has 1 N–H and O–H groups in total. The first-order valence-corrected chi connectivity index (χ1v) is 6.15. The molecule has 6 nitrogen and oxygen atoms in total. The van der Waals surface area contributed by atoms with Crippen molar-refractivity contribution >= 4 is 18.1 Å². The molecule has 0 spiro atoms. The highest BCUT2D eigenvalue weighted by molar-refractivity contribution is 5.83. The van der Waals surface area contributed by atoms with E-state index in [0.29, 0.717) is 5.75 Å². The van der Waals surface area contributed by atoms with Gasteiger partial charge in [0.1, 0.15) is 5.75 Å². The number of carbonyl (C=O) groups excluding carboxylic acids is 2. The van der Waals surface area contributed by atoms with Crippen LogP contribution in [0.4, 0.5) is 0 Å². The third kappa shape index (κ3) is 5.51. The largest absolute Gasteiger partial charge is 0.482 e. The zero-order valence-electron chi connectivity index (χ0n) is 11.8. The summed E-state index contributed by atoms with van der Waals surface area (Å²) in [6, 6.07) is 6.93. The van der Waals surface area contributed by atoms with Crippen LogP contribution in [0.2, 0.25) is 0 Å². The normalized spacial score (nSPS) is 10.6. The van der Waals surface area contributed by atoms with E-state index < -0.39 is 5.97 Å². The van der Waals surface area contributed by atoms with Gasteiger partial charge in [-0.25, -0.2) is 10.2 Å². The summed E-state index contributed by atoms with van der Waals surface area (Å²) in [6.45, 7) is 3.45. The molecule has 0 unspecified atom stereocenters. The first-order chi connectivity index (χ1) is 9.52. The maximum Gasteiger partial charge on any atom is 0.343 e. The lowest BCUT2D eigenvalue weighted by Gasteiger charge is -2.04. The Morgan fingerprint density at radius 2 is 1.95 bits per heavy atom. The number of carbonyl (C=O) groups is 2. The van der Waals surface area contributed by atoms with Gasteiger partial charge in [-0.1, -0.05) is 13.8 Å². The fourth-order valence-corrected chi connectivity index (χ4v) is 1.15. The quantitative estimate of drug-likeness (QED) is 0.484. The van der Waals surface area contributed by atoms with Gasteiger partial charge in [0.25, 0.3) is 0 Å². The summed E-state index contributed by atoms with van der Waals surface area (Å²) in [5.74, 6) is -0.133. The van der Waals surface area contributed by atoms with E-state index in [1.54, 1.807) is 38.1 Å². The molecule has 0 bridgehead atoms. The molecule has 1 amide bonds. The summed E-state index contributed by atoms with van der Waals surface area (Å²) in [7, 11) is 1.30. The molecular weight excluding hydrogens is 260 g/mol. The summed E-state index contributed by atoms with van der Waals surface area (Å²) in [6.07, 6.45) is 1.53. The van der Waals surface area contributed by atoms with E-state index in [1.165, 1.54) is 13.3 Å². The van der Waals surface area contributed by atoms with Crippen molar-refractivity contribution in [2.24, 2.45) is 11.0 Å². The molecule has 0 aliphatic rings. The zero-order chi connectivity index (χ0) is 15.0. The van der Waals surface area contributed by atoms with Crippen molar-refractivity contribution in [3.63, 3.8) is 0 Å². The number of nitrogens with one attached hydrogen (secondary N) is 1. The van der Waals surface area contributed by atoms with E-state index in [-0.39, 0.29) is 18.4 Å². The van der Waals surface area contributed by atoms with E-state index in [2.05, 4.69) is 15.3 Å². The maximum atomic E-state index is 11.3. The van der Waals surface area contributed by atoms with E-state index in [0.717, 1.165) is 5.56 Å². The molecule has 0 aliphatic heterocycles. The van der Waals surface area contributed by atoms with E-state index in [4.69, 9.17) is 4.74 Å². The highest BCUT2D eigenvalue weighted by Crippen LogP contribution is 2.10. The molecule has 108 valence electrons. The van der Waals surface area contributed by atoms with Gasteiger partial charge in [-0.05, 0) is 29.8 Å². The number of esters is 1. The van der Waals surface area contributed by atoms with Crippen molar-refractivity contribution in [1.29, 1.82) is 0 Å². The molecule has 0 aromatic heterocycles. The van der Waals surface area contributed by atoms with Gasteiger partial charge in [-0.15, -0.1) is 0 Å². The molecule has 1 rings (SSSR count). The second-order valence-corrected chi connectivity index (χ2v) is 4.32. The minimum absolute atomic E-state index is 0.110. The molecule has 0 fully saturated rings. The minimum Gasteiger partial charge on any atom is -0.482 e. The SMILES string of the molecule is COC(=O)COc1ccc(/C=N/NC(=O)C(C)C)cc1. The minimum atomic E-state index is -0.438. The number of methoxy groups -OCH3 is 1. The third-order valence-electron chi connectivity index (χ3n) is 2.38. The van der Waals surface area contributed by atoms with Crippen LogP contribution < -0.4 is 10.2 Å². The molecule has 0 saturated heterocycles. The number of hydrazone groups is 1. The second-order valence-electron chi connectivity index (χ2n) is 4.32. The topological polar surface area (TPSA) is 77.0 Å². The Hall–Kier alpha value is -2.37. The molecule has 0 aliphatic carbocycles. The molecular formula is C14H18N2O4. The Morgan fingerprint density at radius 3 is 2.50 bits per heavy atom. The monoisotopic (exact) mass is 278 g/mol. The summed E-state index contributed by atoms with van der Waals surface area (Å²) in [5, 5.41) is 3.84. The fourth-order valence-electron chi connectivity index (χ4n) is 1.15. The van der Waals surface area contributed by atoms with Crippen LogP contribution in [0.5, 0.6) is 5.75 Å². The second kappa shape index (κ2) is 7.93. The first-order valence-electron chi connectivity index (χ1n) is 6.15. The van der Waals surface area contributed by atoms with Crippen LogP contribution in [0, 0.1) is 5.92 Å². The van der Waals surface area contributed by atoms with Crippen LogP contribution in [0.3, 0.4) is 0 Å². The molecule has 6 heteroatoms. The van der Waals surface area contributed by atoms with Gasteiger partial charge >= 0.3 is 5.97 Å². The van der Waals surface area contributed by atoms with Crippen LogP contribution in [0.1, 0.15) is 19.4 Å². The summed E-state index contributed by atoms with van der Waals surface area (Å²) < 4.78 is 9.66. The van der Waals surface area contributed by atoms with Crippen molar-refractivity contribution in [1.82, 2.24) is 5.43 Å². The molecule has 1 aromatic rings. The predicted octanol–water partition coefficient (Wildman–Crippen LogP) is 1.34. The fraction of sp³-hybridized carbons (Fsp3) is 0.357. The lowest BCUT2D eigenvalue weighted by Crippen LogP contribution is -2.22. The Kier molecular flexibility index (Phi) is 6.22. The van der Waals surface area contributed by atoms with Crippen molar-refractivity contribution < 1.29 is 19.1 Å². The Labute approximate surface area is 117 Å². The van der Waals surface area contributed by atoms with Crippen molar-refractivity contribution in [3.05, 3.63) is 29.8 Å². The number of amides is 1. The predicted molar refractivity (Wildman–Crippen MR) is 74.5 cm³/mol. The average Bonchev–Trinajstić information content (AvgIpc) is 2.45. The third-order valence-corrected chi connectivity index (χ3v) is 2.38. The lowest BCUT2D eigenvalue weighted by molar-refractivity contribution is -0.142. The standard InChI is InChI=1S/C14H18N2O4/c1-10(2)14(18)16-15-8-11-4-6-12(7-5-11)20-9-13(17)19-3/h4-8,10H,9H2,1-3H3,(H,16,18)/b15-8+. The van der Waals surface area contributed by atoms with Crippen LogP contribution >= 0.6 is 0 Å². The summed E-state index contributed by atoms with van der Waals surface area (Å²) in [5.41, 5.74) is 3.24. The van der Waals surface area contributed by atoms with Crippen LogP contribution in [0.25, 0.3) is 0 Å². The number of hydrogen-bond donors (Lipinski definition) is 1. The highest BCUT2D eigenvalue weighted by atomic mass is 16.6. The van der Waals surface area contributed by atoms with E-state index in [1.807, 2.05) is 0 Å². The average molecular weight is 278 g/mol.